The highest BCUT2D eigenvalue weighted by Gasteiger charge is 2.33. The smallest absolute Gasteiger partial charge is 0.325 e. The summed E-state index contributed by atoms with van der Waals surface area (Å²) < 4.78 is 16.2. The van der Waals surface area contributed by atoms with Crippen molar-refractivity contribution in [2.24, 2.45) is 0 Å². The maximum atomic E-state index is 11.8. The predicted molar refractivity (Wildman–Crippen MR) is 77.7 cm³/mol. The number of methoxy groups -OCH3 is 2. The Kier molecular flexibility index (Phi) is 7.48. The highest BCUT2D eigenvalue weighted by atomic mass is 16.5. The second-order valence-electron chi connectivity index (χ2n) is 5.62. The quantitative estimate of drug-likeness (QED) is 0.691. The Morgan fingerprint density at radius 2 is 2.00 bits per heavy atom. The van der Waals surface area contributed by atoms with Gasteiger partial charge in [-0.25, -0.2) is 0 Å². The number of carbonyl (C=O) groups excluding carboxylic acids is 1. The number of carbonyl (C=O) groups is 1. The average molecular weight is 287 g/mol. The van der Waals surface area contributed by atoms with Crippen LogP contribution in [-0.4, -0.2) is 51.1 Å². The molecule has 118 valence electrons. The van der Waals surface area contributed by atoms with Gasteiger partial charge in [-0.05, 0) is 45.6 Å². The molecule has 0 aliphatic heterocycles. The van der Waals surface area contributed by atoms with Gasteiger partial charge in [-0.1, -0.05) is 6.92 Å². The standard InChI is InChI=1S/C15H29NO4/c1-5-16-15(2,14(17)19-4)9-10-20-13-8-6-7-12(11-13)18-3/h12-13,16H,5-11H2,1-4H3. The van der Waals surface area contributed by atoms with Crippen LogP contribution in [0.15, 0.2) is 0 Å². The Hall–Kier alpha value is -0.650. The number of esters is 1. The third-order valence-electron chi connectivity index (χ3n) is 4.07. The number of likely N-dealkylation sites (N-methyl/N-ethyl adjacent to an activating group) is 1. The Balaban J connectivity index is 2.38. The molecule has 5 nitrogen and oxygen atoms in total. The molecule has 0 radical (unpaired) electrons. The van der Waals surface area contributed by atoms with E-state index in [-0.39, 0.29) is 12.1 Å². The summed E-state index contributed by atoms with van der Waals surface area (Å²) in [6.07, 6.45) is 5.47. The van der Waals surface area contributed by atoms with Crippen LogP contribution in [0.3, 0.4) is 0 Å². The summed E-state index contributed by atoms with van der Waals surface area (Å²) in [7, 11) is 3.18. The molecule has 0 aromatic heterocycles. The summed E-state index contributed by atoms with van der Waals surface area (Å²) in [6.45, 7) is 5.12. The van der Waals surface area contributed by atoms with Crippen LogP contribution in [0.5, 0.6) is 0 Å². The molecule has 1 fully saturated rings. The maximum Gasteiger partial charge on any atom is 0.325 e. The van der Waals surface area contributed by atoms with E-state index < -0.39 is 5.54 Å². The van der Waals surface area contributed by atoms with Crippen molar-refractivity contribution in [2.75, 3.05) is 27.4 Å². The highest BCUT2D eigenvalue weighted by Crippen LogP contribution is 2.24. The number of ether oxygens (including phenoxy) is 3. The van der Waals surface area contributed by atoms with E-state index in [0.717, 1.165) is 32.2 Å². The fourth-order valence-electron chi connectivity index (χ4n) is 2.78. The summed E-state index contributed by atoms with van der Waals surface area (Å²) >= 11 is 0. The highest BCUT2D eigenvalue weighted by molar-refractivity contribution is 5.80. The van der Waals surface area contributed by atoms with E-state index in [0.29, 0.717) is 19.1 Å². The van der Waals surface area contributed by atoms with E-state index in [9.17, 15) is 4.79 Å². The molecule has 0 saturated heterocycles. The minimum Gasteiger partial charge on any atom is -0.468 e. The maximum absolute atomic E-state index is 11.8. The lowest BCUT2D eigenvalue weighted by Gasteiger charge is -2.31. The normalized spacial score (nSPS) is 26.0. The van der Waals surface area contributed by atoms with Crippen LogP contribution in [0, 0.1) is 0 Å². The van der Waals surface area contributed by atoms with Crippen molar-refractivity contribution in [1.29, 1.82) is 0 Å². The molecule has 0 amide bonds. The molecule has 0 spiro atoms. The lowest BCUT2D eigenvalue weighted by Crippen LogP contribution is -2.51. The van der Waals surface area contributed by atoms with Crippen LogP contribution in [0.2, 0.25) is 0 Å². The zero-order valence-corrected chi connectivity index (χ0v) is 13.2. The van der Waals surface area contributed by atoms with Crippen LogP contribution in [0.25, 0.3) is 0 Å². The summed E-state index contributed by atoms with van der Waals surface area (Å²) in [5.74, 6) is -0.235. The fourth-order valence-corrected chi connectivity index (χ4v) is 2.78. The molecule has 3 atom stereocenters. The minimum atomic E-state index is -0.668. The van der Waals surface area contributed by atoms with Crippen LogP contribution in [0.1, 0.15) is 46.0 Å². The van der Waals surface area contributed by atoms with Gasteiger partial charge in [-0.2, -0.15) is 0 Å². The molecule has 0 aromatic rings. The van der Waals surface area contributed by atoms with E-state index >= 15 is 0 Å². The van der Waals surface area contributed by atoms with Gasteiger partial charge in [0.25, 0.3) is 0 Å². The van der Waals surface area contributed by atoms with Crippen molar-refractivity contribution in [3.63, 3.8) is 0 Å². The third-order valence-corrected chi connectivity index (χ3v) is 4.07. The first-order valence-corrected chi connectivity index (χ1v) is 7.53. The second kappa shape index (κ2) is 8.60. The van der Waals surface area contributed by atoms with Crippen molar-refractivity contribution < 1.29 is 19.0 Å². The Morgan fingerprint density at radius 3 is 2.60 bits per heavy atom. The minimum absolute atomic E-state index is 0.235. The van der Waals surface area contributed by atoms with Crippen LogP contribution in [0.4, 0.5) is 0 Å². The number of nitrogens with one attached hydrogen (secondary N) is 1. The molecular weight excluding hydrogens is 258 g/mol. The van der Waals surface area contributed by atoms with Crippen LogP contribution in [-0.2, 0) is 19.0 Å². The average Bonchev–Trinajstić information content (AvgIpc) is 2.46. The largest absolute Gasteiger partial charge is 0.468 e. The second-order valence-corrected chi connectivity index (χ2v) is 5.62. The van der Waals surface area contributed by atoms with Gasteiger partial charge >= 0.3 is 5.97 Å². The van der Waals surface area contributed by atoms with Gasteiger partial charge < -0.3 is 19.5 Å². The van der Waals surface area contributed by atoms with Gasteiger partial charge in [-0.3, -0.25) is 4.79 Å². The van der Waals surface area contributed by atoms with E-state index in [1.165, 1.54) is 7.11 Å². The number of hydrogen-bond donors (Lipinski definition) is 1. The molecule has 0 heterocycles. The van der Waals surface area contributed by atoms with Gasteiger partial charge in [0.1, 0.15) is 5.54 Å². The van der Waals surface area contributed by atoms with Gasteiger partial charge in [0, 0.05) is 13.7 Å². The first-order chi connectivity index (χ1) is 9.55. The molecule has 20 heavy (non-hydrogen) atoms. The SMILES string of the molecule is CCNC(C)(CCOC1CCCC(OC)C1)C(=O)OC. The van der Waals surface area contributed by atoms with E-state index in [2.05, 4.69) is 5.32 Å². The van der Waals surface area contributed by atoms with E-state index in [4.69, 9.17) is 14.2 Å². The molecule has 1 rings (SSSR count). The van der Waals surface area contributed by atoms with Gasteiger partial charge in [-0.15, -0.1) is 0 Å². The Bertz CT molecular complexity index is 298. The van der Waals surface area contributed by atoms with Gasteiger partial charge in [0.05, 0.1) is 19.3 Å². The lowest BCUT2D eigenvalue weighted by molar-refractivity contribution is -0.149. The third kappa shape index (κ3) is 5.04. The fraction of sp³-hybridized carbons (Fsp3) is 0.933. The monoisotopic (exact) mass is 287 g/mol. The van der Waals surface area contributed by atoms with Crippen LogP contribution < -0.4 is 5.32 Å². The van der Waals surface area contributed by atoms with Crippen molar-refractivity contribution >= 4 is 5.97 Å². The predicted octanol–water partition coefficient (Wildman–Crippen LogP) is 1.89. The topological polar surface area (TPSA) is 56.8 Å². The summed E-state index contributed by atoms with van der Waals surface area (Å²) in [4.78, 5) is 11.8. The zero-order chi connectivity index (χ0) is 15.0. The van der Waals surface area contributed by atoms with Crippen molar-refractivity contribution in [1.82, 2.24) is 5.32 Å². The summed E-state index contributed by atoms with van der Waals surface area (Å²) in [6, 6.07) is 0. The van der Waals surface area contributed by atoms with Crippen molar-refractivity contribution in [3.8, 4) is 0 Å². The number of hydrogen-bond acceptors (Lipinski definition) is 5. The number of rotatable bonds is 8. The molecule has 5 heteroatoms. The molecule has 1 aliphatic rings. The molecule has 1 N–H and O–H groups in total. The Labute approximate surface area is 122 Å². The molecule has 3 unspecified atom stereocenters. The van der Waals surface area contributed by atoms with E-state index in [1.54, 1.807) is 7.11 Å². The van der Waals surface area contributed by atoms with Crippen molar-refractivity contribution in [3.05, 3.63) is 0 Å². The first-order valence-electron chi connectivity index (χ1n) is 7.53. The summed E-state index contributed by atoms with van der Waals surface area (Å²) in [5, 5.41) is 3.19. The molecule has 1 aliphatic carbocycles. The molecule has 0 bridgehead atoms. The Morgan fingerprint density at radius 1 is 1.30 bits per heavy atom. The zero-order valence-electron chi connectivity index (χ0n) is 13.2. The van der Waals surface area contributed by atoms with Crippen LogP contribution >= 0.6 is 0 Å². The molecule has 0 aromatic carbocycles. The molecule has 1 saturated carbocycles. The molecular formula is C15H29NO4. The lowest BCUT2D eigenvalue weighted by atomic mass is 9.94. The van der Waals surface area contributed by atoms with Crippen molar-refractivity contribution in [2.45, 2.75) is 63.7 Å². The van der Waals surface area contributed by atoms with Gasteiger partial charge in [0.15, 0.2) is 0 Å². The summed E-state index contributed by atoms with van der Waals surface area (Å²) in [5.41, 5.74) is -0.668. The first kappa shape index (κ1) is 17.4. The van der Waals surface area contributed by atoms with Gasteiger partial charge in [0.2, 0.25) is 0 Å². The van der Waals surface area contributed by atoms with E-state index in [1.807, 2.05) is 13.8 Å².